The lowest BCUT2D eigenvalue weighted by Gasteiger charge is -2.40. The van der Waals surface area contributed by atoms with Gasteiger partial charge in [-0.3, -0.25) is 9.78 Å². The molecule has 0 aromatic carbocycles. The van der Waals surface area contributed by atoms with Crippen molar-refractivity contribution in [3.8, 4) is 0 Å². The predicted molar refractivity (Wildman–Crippen MR) is 87.5 cm³/mol. The number of likely N-dealkylation sites (tertiary alicyclic amines) is 1. The van der Waals surface area contributed by atoms with Gasteiger partial charge in [-0.1, -0.05) is 0 Å². The van der Waals surface area contributed by atoms with Crippen LogP contribution in [-0.4, -0.2) is 60.4 Å². The number of sulfonamides is 1. The normalized spacial score (nSPS) is 25.9. The second-order valence-corrected chi connectivity index (χ2v) is 8.81. The number of aromatic nitrogens is 1. The van der Waals surface area contributed by atoms with Crippen LogP contribution in [0.4, 0.5) is 0 Å². The van der Waals surface area contributed by atoms with E-state index in [1.165, 1.54) is 0 Å². The summed E-state index contributed by atoms with van der Waals surface area (Å²) < 4.78 is 25.8. The number of piperidine rings is 1. The van der Waals surface area contributed by atoms with Crippen LogP contribution in [0.1, 0.15) is 36.5 Å². The van der Waals surface area contributed by atoms with Crippen molar-refractivity contribution in [2.45, 2.75) is 26.2 Å². The monoisotopic (exact) mass is 337 g/mol. The Morgan fingerprint density at radius 1 is 1.30 bits per heavy atom. The third-order valence-electron chi connectivity index (χ3n) is 5.02. The molecule has 0 unspecified atom stereocenters. The molecule has 0 bridgehead atoms. The van der Waals surface area contributed by atoms with E-state index < -0.39 is 10.0 Å². The minimum absolute atomic E-state index is 0.00558. The molecule has 2 fully saturated rings. The molecule has 1 amide bonds. The molecule has 6 nitrogen and oxygen atoms in total. The summed E-state index contributed by atoms with van der Waals surface area (Å²) in [5, 5.41) is 0. The fraction of sp³-hybridized carbons (Fsp3) is 0.625. The van der Waals surface area contributed by atoms with Crippen LogP contribution in [0.3, 0.4) is 0 Å². The van der Waals surface area contributed by atoms with Gasteiger partial charge in [0.25, 0.3) is 5.91 Å². The summed E-state index contributed by atoms with van der Waals surface area (Å²) in [5.41, 5.74) is 0.513. The number of amides is 1. The van der Waals surface area contributed by atoms with Gasteiger partial charge in [0.1, 0.15) is 0 Å². The van der Waals surface area contributed by atoms with E-state index in [1.807, 2.05) is 4.90 Å². The number of nitrogens with zero attached hydrogens (tertiary/aromatic N) is 3. The Bertz CT molecular complexity index is 677. The molecule has 7 heteroatoms. The van der Waals surface area contributed by atoms with Gasteiger partial charge in [-0.05, 0) is 38.3 Å². The molecule has 2 aliphatic heterocycles. The van der Waals surface area contributed by atoms with Gasteiger partial charge in [0.15, 0.2) is 0 Å². The summed E-state index contributed by atoms with van der Waals surface area (Å²) in [6.45, 7) is 4.16. The zero-order valence-corrected chi connectivity index (χ0v) is 14.3. The molecule has 1 atom stereocenters. The standard InChI is InChI=1S/C16H23N3O3S/c1-2-23(21,22)19-10-7-16(13-19)6-4-9-18(12-16)15(20)14-5-3-8-17-11-14/h3,5,8,11H,2,4,6-7,9-10,12-13H2,1H3/t16-/m0/s1. The van der Waals surface area contributed by atoms with Crippen molar-refractivity contribution in [3.63, 3.8) is 0 Å². The van der Waals surface area contributed by atoms with Crippen LogP contribution in [0.2, 0.25) is 0 Å². The molecule has 23 heavy (non-hydrogen) atoms. The summed E-state index contributed by atoms with van der Waals surface area (Å²) in [7, 11) is -3.14. The summed E-state index contributed by atoms with van der Waals surface area (Å²) in [6.07, 6.45) is 5.99. The molecular weight excluding hydrogens is 314 g/mol. The zero-order chi connectivity index (χ0) is 16.5. The highest BCUT2D eigenvalue weighted by atomic mass is 32.2. The van der Waals surface area contributed by atoms with E-state index >= 15 is 0 Å². The van der Waals surface area contributed by atoms with E-state index in [-0.39, 0.29) is 17.1 Å². The van der Waals surface area contributed by atoms with Gasteiger partial charge in [0.2, 0.25) is 10.0 Å². The Labute approximate surface area is 137 Å². The number of carbonyl (C=O) groups is 1. The molecule has 126 valence electrons. The van der Waals surface area contributed by atoms with Crippen molar-refractivity contribution < 1.29 is 13.2 Å². The lowest BCUT2D eigenvalue weighted by Crippen LogP contribution is -2.47. The quantitative estimate of drug-likeness (QED) is 0.835. The first kappa shape index (κ1) is 16.4. The minimum atomic E-state index is -3.14. The van der Waals surface area contributed by atoms with Crippen molar-refractivity contribution in [3.05, 3.63) is 30.1 Å². The topological polar surface area (TPSA) is 70.6 Å². The fourth-order valence-corrected chi connectivity index (χ4v) is 4.91. The first-order valence-corrected chi connectivity index (χ1v) is 9.74. The highest BCUT2D eigenvalue weighted by Crippen LogP contribution is 2.40. The van der Waals surface area contributed by atoms with E-state index in [0.717, 1.165) is 25.8 Å². The van der Waals surface area contributed by atoms with E-state index in [1.54, 1.807) is 35.8 Å². The van der Waals surface area contributed by atoms with Crippen LogP contribution < -0.4 is 0 Å². The molecule has 3 heterocycles. The van der Waals surface area contributed by atoms with Crippen LogP contribution in [0.5, 0.6) is 0 Å². The van der Waals surface area contributed by atoms with Crippen LogP contribution in [0, 0.1) is 5.41 Å². The van der Waals surface area contributed by atoms with Crippen molar-refractivity contribution in [1.82, 2.24) is 14.2 Å². The number of hydrogen-bond acceptors (Lipinski definition) is 4. The minimum Gasteiger partial charge on any atom is -0.338 e. The number of rotatable bonds is 3. The van der Waals surface area contributed by atoms with Gasteiger partial charge < -0.3 is 4.90 Å². The Morgan fingerprint density at radius 3 is 2.83 bits per heavy atom. The van der Waals surface area contributed by atoms with Crippen LogP contribution in [0.15, 0.2) is 24.5 Å². The Kier molecular flexibility index (Phi) is 4.42. The van der Waals surface area contributed by atoms with Crippen LogP contribution >= 0.6 is 0 Å². The van der Waals surface area contributed by atoms with Gasteiger partial charge >= 0.3 is 0 Å². The molecule has 2 saturated heterocycles. The first-order chi connectivity index (χ1) is 11.0. The first-order valence-electron chi connectivity index (χ1n) is 8.13. The zero-order valence-electron chi connectivity index (χ0n) is 13.4. The Balaban J connectivity index is 1.73. The molecule has 2 aliphatic rings. The summed E-state index contributed by atoms with van der Waals surface area (Å²) >= 11 is 0. The van der Waals surface area contributed by atoms with Crippen LogP contribution in [0.25, 0.3) is 0 Å². The summed E-state index contributed by atoms with van der Waals surface area (Å²) in [5.74, 6) is 0.135. The molecule has 1 aromatic rings. The van der Waals surface area contributed by atoms with E-state index in [0.29, 0.717) is 25.2 Å². The maximum atomic E-state index is 12.6. The lowest BCUT2D eigenvalue weighted by atomic mass is 9.79. The Hall–Kier alpha value is -1.47. The highest BCUT2D eigenvalue weighted by Gasteiger charge is 2.45. The average molecular weight is 337 g/mol. The predicted octanol–water partition coefficient (Wildman–Crippen LogP) is 1.36. The maximum Gasteiger partial charge on any atom is 0.255 e. The van der Waals surface area contributed by atoms with Gasteiger partial charge in [-0.2, -0.15) is 0 Å². The van der Waals surface area contributed by atoms with Gasteiger partial charge in [-0.15, -0.1) is 0 Å². The van der Waals surface area contributed by atoms with Crippen molar-refractivity contribution in [2.75, 3.05) is 31.9 Å². The maximum absolute atomic E-state index is 12.6. The molecular formula is C16H23N3O3S. The number of pyridine rings is 1. The largest absolute Gasteiger partial charge is 0.338 e. The second kappa shape index (κ2) is 6.20. The molecule has 3 rings (SSSR count). The molecule has 0 N–H and O–H groups in total. The molecule has 1 spiro atoms. The van der Waals surface area contributed by atoms with E-state index in [9.17, 15) is 13.2 Å². The summed E-state index contributed by atoms with van der Waals surface area (Å²) in [6, 6.07) is 3.54. The third kappa shape index (κ3) is 3.26. The van der Waals surface area contributed by atoms with Gasteiger partial charge in [0.05, 0.1) is 11.3 Å². The molecule has 0 aliphatic carbocycles. The highest BCUT2D eigenvalue weighted by molar-refractivity contribution is 7.89. The number of hydrogen-bond donors (Lipinski definition) is 0. The Morgan fingerprint density at radius 2 is 2.13 bits per heavy atom. The smallest absolute Gasteiger partial charge is 0.255 e. The lowest BCUT2D eigenvalue weighted by molar-refractivity contribution is 0.0543. The van der Waals surface area contributed by atoms with Gasteiger partial charge in [-0.25, -0.2) is 12.7 Å². The van der Waals surface area contributed by atoms with Gasteiger partial charge in [0, 0.05) is 44.0 Å². The summed E-state index contributed by atoms with van der Waals surface area (Å²) in [4.78, 5) is 18.5. The number of carbonyl (C=O) groups excluding carboxylic acids is 1. The van der Waals surface area contributed by atoms with E-state index in [2.05, 4.69) is 4.98 Å². The fourth-order valence-electron chi connectivity index (χ4n) is 3.70. The molecule has 1 aromatic heterocycles. The second-order valence-electron chi connectivity index (χ2n) is 6.56. The third-order valence-corrected chi connectivity index (χ3v) is 6.85. The van der Waals surface area contributed by atoms with Crippen LogP contribution in [-0.2, 0) is 10.0 Å². The van der Waals surface area contributed by atoms with Crippen molar-refractivity contribution in [1.29, 1.82) is 0 Å². The molecule has 0 saturated carbocycles. The van der Waals surface area contributed by atoms with E-state index in [4.69, 9.17) is 0 Å². The van der Waals surface area contributed by atoms with Crippen molar-refractivity contribution >= 4 is 15.9 Å². The molecule has 0 radical (unpaired) electrons. The average Bonchev–Trinajstić information content (AvgIpc) is 2.99. The SMILES string of the molecule is CCS(=O)(=O)N1CC[C@]2(CCCN(C(=O)c3cccnc3)C2)C1. The van der Waals surface area contributed by atoms with Crippen molar-refractivity contribution in [2.24, 2.45) is 5.41 Å².